The Morgan fingerprint density at radius 2 is 1.93 bits per heavy atom. The molecule has 0 aliphatic carbocycles. The minimum atomic E-state index is -4.73. The van der Waals surface area contributed by atoms with Crippen molar-refractivity contribution in [1.29, 1.82) is 0 Å². The largest absolute Gasteiger partial charge is 0.471 e. The minimum absolute atomic E-state index is 0.111. The van der Waals surface area contributed by atoms with E-state index in [1.54, 1.807) is 0 Å². The van der Waals surface area contributed by atoms with Gasteiger partial charge in [0, 0.05) is 22.7 Å². The molecule has 0 radical (unpaired) electrons. The Hall–Kier alpha value is -3.07. The zero-order valence-electron chi connectivity index (χ0n) is 14.2. The summed E-state index contributed by atoms with van der Waals surface area (Å²) < 4.78 is 46.9. The fourth-order valence-electron chi connectivity index (χ4n) is 2.22. The summed E-state index contributed by atoms with van der Waals surface area (Å²) in [5.74, 6) is -1.69. The molecule has 1 heterocycles. The van der Waals surface area contributed by atoms with Crippen molar-refractivity contribution in [2.45, 2.75) is 19.3 Å². The molecule has 0 aliphatic heterocycles. The number of nitrogens with zero attached hydrogens (tertiary/aromatic N) is 2. The fourth-order valence-corrected chi connectivity index (χ4v) is 2.46. The van der Waals surface area contributed by atoms with Gasteiger partial charge in [-0.15, -0.1) is 0 Å². The number of nitrogens with one attached hydrogen (secondary N) is 1. The Morgan fingerprint density at radius 3 is 2.57 bits per heavy atom. The van der Waals surface area contributed by atoms with Gasteiger partial charge in [0.15, 0.2) is 0 Å². The second kappa shape index (κ2) is 8.30. The summed E-state index contributed by atoms with van der Waals surface area (Å²) in [5, 5.41) is 6.08. The lowest BCUT2D eigenvalue weighted by Gasteiger charge is -2.09. The van der Waals surface area contributed by atoms with Crippen molar-refractivity contribution >= 4 is 17.7 Å². The molecule has 3 aromatic rings. The summed E-state index contributed by atoms with van der Waals surface area (Å²) in [7, 11) is 0. The van der Waals surface area contributed by atoms with Gasteiger partial charge < -0.3 is 14.6 Å². The van der Waals surface area contributed by atoms with Gasteiger partial charge in [0.2, 0.25) is 5.82 Å². The highest BCUT2D eigenvalue weighted by molar-refractivity contribution is 6.31. The predicted octanol–water partition coefficient (Wildman–Crippen LogP) is 4.84. The first kappa shape index (κ1) is 19.7. The van der Waals surface area contributed by atoms with Gasteiger partial charge >= 0.3 is 18.2 Å². The number of carbonyl (C=O) groups excluding carboxylic acids is 1. The number of ether oxygens (including phenoxy) is 1. The maximum Gasteiger partial charge on any atom is 0.471 e. The van der Waals surface area contributed by atoms with Crippen LogP contribution in [0.3, 0.4) is 0 Å². The lowest BCUT2D eigenvalue weighted by molar-refractivity contribution is -0.159. The molecular weight excluding hydrogens is 399 g/mol. The van der Waals surface area contributed by atoms with E-state index in [1.165, 1.54) is 18.2 Å². The van der Waals surface area contributed by atoms with Crippen molar-refractivity contribution in [3.63, 3.8) is 0 Å². The first-order valence-corrected chi connectivity index (χ1v) is 8.35. The number of aromatic nitrogens is 2. The summed E-state index contributed by atoms with van der Waals surface area (Å²) in [6.07, 6.45) is -5.35. The van der Waals surface area contributed by atoms with Gasteiger partial charge in [-0.25, -0.2) is 4.79 Å². The SMILES string of the molecule is O=C(NCc1ccccc1)OCc1ccc(-c2noc(C(F)(F)F)n2)cc1Cl. The Balaban J connectivity index is 1.58. The van der Waals surface area contributed by atoms with Crippen LogP contribution in [0.25, 0.3) is 11.4 Å². The minimum Gasteiger partial charge on any atom is -0.445 e. The van der Waals surface area contributed by atoms with Gasteiger partial charge in [-0.2, -0.15) is 18.2 Å². The monoisotopic (exact) mass is 411 g/mol. The molecule has 28 heavy (non-hydrogen) atoms. The maximum atomic E-state index is 12.5. The van der Waals surface area contributed by atoms with E-state index >= 15 is 0 Å². The van der Waals surface area contributed by atoms with E-state index in [2.05, 4.69) is 20.0 Å². The fraction of sp³-hybridized carbons (Fsp3) is 0.167. The number of alkyl carbamates (subject to hydrolysis) is 1. The van der Waals surface area contributed by atoms with Crippen LogP contribution in [0.2, 0.25) is 5.02 Å². The average molecular weight is 412 g/mol. The third-order valence-electron chi connectivity index (χ3n) is 3.62. The lowest BCUT2D eigenvalue weighted by atomic mass is 10.1. The number of rotatable bonds is 5. The smallest absolute Gasteiger partial charge is 0.445 e. The molecule has 0 aliphatic rings. The van der Waals surface area contributed by atoms with E-state index in [-0.39, 0.29) is 23.0 Å². The van der Waals surface area contributed by atoms with E-state index in [1.807, 2.05) is 30.3 Å². The molecule has 0 fully saturated rings. The molecule has 2 aromatic carbocycles. The topological polar surface area (TPSA) is 77.2 Å². The van der Waals surface area contributed by atoms with E-state index in [0.29, 0.717) is 12.1 Å². The van der Waals surface area contributed by atoms with Gasteiger partial charge in [0.25, 0.3) is 0 Å². The quantitative estimate of drug-likeness (QED) is 0.650. The van der Waals surface area contributed by atoms with E-state index in [0.717, 1.165) is 5.56 Å². The maximum absolute atomic E-state index is 12.5. The van der Waals surface area contributed by atoms with Gasteiger partial charge in [0.05, 0.1) is 0 Å². The third-order valence-corrected chi connectivity index (χ3v) is 3.97. The summed E-state index contributed by atoms with van der Waals surface area (Å²) in [6, 6.07) is 13.6. The summed E-state index contributed by atoms with van der Waals surface area (Å²) >= 11 is 6.11. The molecule has 3 rings (SSSR count). The summed E-state index contributed by atoms with van der Waals surface area (Å²) in [4.78, 5) is 15.1. The van der Waals surface area contributed by atoms with E-state index in [4.69, 9.17) is 16.3 Å². The molecule has 0 atom stereocenters. The van der Waals surface area contributed by atoms with Crippen molar-refractivity contribution in [2.24, 2.45) is 0 Å². The van der Waals surface area contributed by atoms with Crippen molar-refractivity contribution < 1.29 is 27.2 Å². The zero-order valence-corrected chi connectivity index (χ0v) is 14.9. The third kappa shape index (κ3) is 5.01. The molecule has 0 bridgehead atoms. The van der Waals surface area contributed by atoms with Crippen LogP contribution in [0, 0.1) is 0 Å². The van der Waals surface area contributed by atoms with Crippen LogP contribution >= 0.6 is 11.6 Å². The molecule has 1 N–H and O–H groups in total. The Morgan fingerprint density at radius 1 is 1.18 bits per heavy atom. The number of benzene rings is 2. The Kier molecular flexibility index (Phi) is 5.84. The molecule has 1 amide bonds. The van der Waals surface area contributed by atoms with Crippen LogP contribution in [0.1, 0.15) is 17.0 Å². The van der Waals surface area contributed by atoms with Crippen molar-refractivity contribution in [2.75, 3.05) is 0 Å². The van der Waals surface area contributed by atoms with Gasteiger partial charge in [-0.05, 0) is 11.6 Å². The molecule has 10 heteroatoms. The van der Waals surface area contributed by atoms with E-state index < -0.39 is 18.2 Å². The molecule has 1 aromatic heterocycles. The molecule has 146 valence electrons. The van der Waals surface area contributed by atoms with Crippen LogP contribution in [-0.2, 0) is 24.1 Å². The number of halogens is 4. The van der Waals surface area contributed by atoms with E-state index in [9.17, 15) is 18.0 Å². The van der Waals surface area contributed by atoms with Crippen LogP contribution in [-0.4, -0.2) is 16.2 Å². The second-order valence-electron chi connectivity index (χ2n) is 5.64. The van der Waals surface area contributed by atoms with Gasteiger partial charge in [-0.3, -0.25) is 0 Å². The molecular formula is C18H13ClF3N3O3. The molecule has 0 spiro atoms. The Bertz CT molecular complexity index is 961. The van der Waals surface area contributed by atoms with Crippen molar-refractivity contribution in [3.8, 4) is 11.4 Å². The highest BCUT2D eigenvalue weighted by Gasteiger charge is 2.38. The number of amides is 1. The van der Waals surface area contributed by atoms with Gasteiger partial charge in [0.1, 0.15) is 6.61 Å². The average Bonchev–Trinajstić information content (AvgIpc) is 3.17. The highest BCUT2D eigenvalue weighted by atomic mass is 35.5. The number of hydrogen-bond donors (Lipinski definition) is 1. The molecule has 0 unspecified atom stereocenters. The normalized spacial score (nSPS) is 11.3. The number of hydrogen-bond acceptors (Lipinski definition) is 5. The lowest BCUT2D eigenvalue weighted by Crippen LogP contribution is -2.23. The van der Waals surface area contributed by atoms with Crippen LogP contribution in [0.5, 0.6) is 0 Å². The molecule has 6 nitrogen and oxygen atoms in total. The second-order valence-corrected chi connectivity index (χ2v) is 6.05. The van der Waals surface area contributed by atoms with Crippen LogP contribution in [0.4, 0.5) is 18.0 Å². The van der Waals surface area contributed by atoms with Gasteiger partial charge in [-0.1, -0.05) is 59.2 Å². The Labute approximate surface area is 162 Å². The van der Waals surface area contributed by atoms with Crippen LogP contribution in [0.15, 0.2) is 53.1 Å². The van der Waals surface area contributed by atoms with Crippen molar-refractivity contribution in [3.05, 3.63) is 70.6 Å². The molecule has 0 saturated carbocycles. The highest BCUT2D eigenvalue weighted by Crippen LogP contribution is 2.30. The zero-order chi connectivity index (χ0) is 20.1. The predicted molar refractivity (Wildman–Crippen MR) is 93.2 cm³/mol. The van der Waals surface area contributed by atoms with Crippen molar-refractivity contribution in [1.82, 2.24) is 15.5 Å². The first-order valence-electron chi connectivity index (χ1n) is 7.97. The first-order chi connectivity index (χ1) is 13.3. The number of alkyl halides is 3. The van der Waals surface area contributed by atoms with Crippen LogP contribution < -0.4 is 5.32 Å². The number of carbonyl (C=O) groups is 1. The summed E-state index contributed by atoms with van der Waals surface area (Å²) in [6.45, 7) is 0.200. The summed E-state index contributed by atoms with van der Waals surface area (Å²) in [5.41, 5.74) is 1.63. The molecule has 0 saturated heterocycles. The standard InChI is InChI=1S/C18H13ClF3N3O3/c19-14-8-12(15-24-16(28-25-15)18(20,21)22)6-7-13(14)10-27-17(26)23-9-11-4-2-1-3-5-11/h1-8H,9-10H2,(H,23,26).